The quantitative estimate of drug-likeness (QED) is 0.889. The number of rotatable bonds is 5. The number of hydrogen-bond acceptors (Lipinski definition) is 3. The van der Waals surface area contributed by atoms with Crippen molar-refractivity contribution in [2.75, 3.05) is 13.1 Å². The monoisotopic (exact) mass is 343 g/mol. The van der Waals surface area contributed by atoms with Crippen LogP contribution in [0.4, 0.5) is 0 Å². The average Bonchev–Trinajstić information content (AvgIpc) is 2.59. The van der Waals surface area contributed by atoms with Crippen LogP contribution in [0.2, 0.25) is 5.02 Å². The zero-order valence-electron chi connectivity index (χ0n) is 13.6. The third kappa shape index (κ3) is 4.37. The van der Waals surface area contributed by atoms with E-state index >= 15 is 0 Å². The van der Waals surface area contributed by atoms with Gasteiger partial charge in [-0.05, 0) is 42.6 Å². The van der Waals surface area contributed by atoms with Crippen molar-refractivity contribution in [3.8, 4) is 5.75 Å². The molecule has 0 unspecified atom stereocenters. The van der Waals surface area contributed by atoms with Gasteiger partial charge >= 0.3 is 0 Å². The number of benzene rings is 2. The first-order valence-corrected chi connectivity index (χ1v) is 8.76. The molecule has 0 aliphatic carbocycles. The molecule has 1 saturated heterocycles. The molecule has 0 saturated carbocycles. The number of piperidine rings is 1. The van der Waals surface area contributed by atoms with Crippen molar-refractivity contribution in [2.24, 2.45) is 5.92 Å². The summed E-state index contributed by atoms with van der Waals surface area (Å²) in [5, 5.41) is 9.89. The first kappa shape index (κ1) is 17.0. The van der Waals surface area contributed by atoms with Gasteiger partial charge in [-0.25, -0.2) is 0 Å². The minimum Gasteiger partial charge on any atom is -0.506 e. The molecule has 24 heavy (non-hydrogen) atoms. The van der Waals surface area contributed by atoms with Crippen molar-refractivity contribution >= 4 is 17.4 Å². The smallest absolute Gasteiger partial charge is 0.141 e. The molecule has 1 fully saturated rings. The minimum atomic E-state index is 0.103. The maximum Gasteiger partial charge on any atom is 0.141 e. The summed E-state index contributed by atoms with van der Waals surface area (Å²) < 4.78 is 0. The van der Waals surface area contributed by atoms with E-state index in [1.807, 2.05) is 36.4 Å². The number of carbonyl (C=O) groups excluding carboxylic acids is 1. The van der Waals surface area contributed by atoms with Crippen molar-refractivity contribution < 1.29 is 9.90 Å². The summed E-state index contributed by atoms with van der Waals surface area (Å²) in [5.41, 5.74) is 2.15. The van der Waals surface area contributed by atoms with Gasteiger partial charge in [-0.2, -0.15) is 0 Å². The molecule has 126 valence electrons. The Labute approximate surface area is 147 Å². The lowest BCUT2D eigenvalue weighted by molar-refractivity contribution is -0.123. The molecule has 2 aromatic carbocycles. The molecule has 2 aromatic rings. The van der Waals surface area contributed by atoms with Crippen molar-refractivity contribution in [3.63, 3.8) is 0 Å². The summed E-state index contributed by atoms with van der Waals surface area (Å²) in [6.45, 7) is 2.55. The van der Waals surface area contributed by atoms with E-state index in [-0.39, 0.29) is 11.7 Å². The number of nitrogens with zero attached hydrogens (tertiary/aromatic N) is 1. The summed E-state index contributed by atoms with van der Waals surface area (Å²) in [6.07, 6.45) is 2.53. The fourth-order valence-electron chi connectivity index (χ4n) is 3.31. The first-order chi connectivity index (χ1) is 11.6. The van der Waals surface area contributed by atoms with E-state index in [0.29, 0.717) is 17.2 Å². The highest BCUT2D eigenvalue weighted by atomic mass is 35.5. The number of phenols is 1. The average molecular weight is 344 g/mol. The van der Waals surface area contributed by atoms with Gasteiger partial charge in [0.25, 0.3) is 0 Å². The molecule has 1 aliphatic heterocycles. The summed E-state index contributed by atoms with van der Waals surface area (Å²) in [6, 6.07) is 15.3. The molecule has 0 radical (unpaired) electrons. The number of halogens is 1. The van der Waals surface area contributed by atoms with E-state index < -0.39 is 0 Å². The molecular weight excluding hydrogens is 322 g/mol. The number of hydrogen-bond donors (Lipinski definition) is 1. The molecule has 3 nitrogen and oxygen atoms in total. The molecule has 0 bridgehead atoms. The van der Waals surface area contributed by atoms with Gasteiger partial charge in [0.15, 0.2) is 0 Å². The van der Waals surface area contributed by atoms with Crippen LogP contribution >= 0.6 is 11.6 Å². The SMILES string of the molecule is O=C(Cc1ccccc1)[C@H]1CCCN(Cc2ccc(O)c(Cl)c2)C1. The molecule has 1 N–H and O–H groups in total. The molecule has 0 spiro atoms. The molecule has 1 aliphatic rings. The highest BCUT2D eigenvalue weighted by Crippen LogP contribution is 2.26. The Balaban J connectivity index is 1.59. The number of aromatic hydroxyl groups is 1. The molecule has 4 heteroatoms. The van der Waals surface area contributed by atoms with Crippen LogP contribution in [0.25, 0.3) is 0 Å². The van der Waals surface area contributed by atoms with Crippen LogP contribution in [-0.4, -0.2) is 28.9 Å². The second-order valence-electron chi connectivity index (χ2n) is 6.49. The van der Waals surface area contributed by atoms with E-state index in [1.165, 1.54) is 0 Å². The van der Waals surface area contributed by atoms with E-state index in [2.05, 4.69) is 4.90 Å². The Bertz CT molecular complexity index is 702. The lowest BCUT2D eigenvalue weighted by Crippen LogP contribution is -2.38. The second-order valence-corrected chi connectivity index (χ2v) is 6.90. The van der Waals surface area contributed by atoms with Crippen molar-refractivity contribution in [2.45, 2.75) is 25.8 Å². The van der Waals surface area contributed by atoms with E-state index in [0.717, 1.165) is 43.6 Å². The third-order valence-electron chi connectivity index (χ3n) is 4.60. The van der Waals surface area contributed by atoms with Gasteiger partial charge < -0.3 is 5.11 Å². The van der Waals surface area contributed by atoms with Crippen LogP contribution in [0.15, 0.2) is 48.5 Å². The standard InChI is InChI=1S/C20H22ClNO2/c21-18-11-16(8-9-19(18)23)13-22-10-4-7-17(14-22)20(24)12-15-5-2-1-3-6-15/h1-3,5-6,8-9,11,17,23H,4,7,10,12-14H2/t17-/m0/s1. The van der Waals surface area contributed by atoms with Crippen LogP contribution < -0.4 is 0 Å². The predicted octanol–water partition coefficient (Wildman–Crippen LogP) is 4.07. The number of Topliss-reactive ketones (excluding diaryl/α,β-unsaturated/α-hetero) is 1. The van der Waals surface area contributed by atoms with Crippen molar-refractivity contribution in [1.29, 1.82) is 0 Å². The Morgan fingerprint density at radius 1 is 1.17 bits per heavy atom. The summed E-state index contributed by atoms with van der Waals surface area (Å²) in [7, 11) is 0. The number of carbonyl (C=O) groups is 1. The second kappa shape index (κ2) is 7.82. The summed E-state index contributed by atoms with van der Waals surface area (Å²) in [5.74, 6) is 0.538. The lowest BCUT2D eigenvalue weighted by Gasteiger charge is -2.32. The van der Waals surface area contributed by atoms with Crippen LogP contribution in [0.3, 0.4) is 0 Å². The largest absolute Gasteiger partial charge is 0.506 e. The number of ketones is 1. The van der Waals surface area contributed by atoms with E-state index in [1.54, 1.807) is 12.1 Å². The fraction of sp³-hybridized carbons (Fsp3) is 0.350. The van der Waals surface area contributed by atoms with Gasteiger partial charge in [-0.1, -0.05) is 48.0 Å². The van der Waals surface area contributed by atoms with Crippen LogP contribution in [-0.2, 0) is 17.8 Å². The normalized spacial score (nSPS) is 18.5. The van der Waals surface area contributed by atoms with Crippen LogP contribution in [0.1, 0.15) is 24.0 Å². The molecule has 3 rings (SSSR count). The van der Waals surface area contributed by atoms with Gasteiger partial charge in [0.05, 0.1) is 5.02 Å². The van der Waals surface area contributed by atoms with Crippen molar-refractivity contribution in [1.82, 2.24) is 4.90 Å². The maximum absolute atomic E-state index is 12.6. The maximum atomic E-state index is 12.6. The molecule has 1 atom stereocenters. The van der Waals surface area contributed by atoms with Crippen LogP contribution in [0, 0.1) is 5.92 Å². The molecule has 0 amide bonds. The summed E-state index contributed by atoms with van der Waals surface area (Å²) in [4.78, 5) is 14.9. The van der Waals surface area contributed by atoms with Crippen molar-refractivity contribution in [3.05, 3.63) is 64.7 Å². The Morgan fingerprint density at radius 3 is 2.71 bits per heavy atom. The fourth-order valence-corrected chi connectivity index (χ4v) is 3.51. The number of phenolic OH excluding ortho intramolecular Hbond substituents is 1. The third-order valence-corrected chi connectivity index (χ3v) is 4.90. The molecule has 1 heterocycles. The van der Waals surface area contributed by atoms with E-state index in [4.69, 9.17) is 11.6 Å². The first-order valence-electron chi connectivity index (χ1n) is 8.38. The van der Waals surface area contributed by atoms with Gasteiger partial charge in [0.1, 0.15) is 11.5 Å². The predicted molar refractivity (Wildman–Crippen MR) is 96.3 cm³/mol. The zero-order chi connectivity index (χ0) is 16.9. The van der Waals surface area contributed by atoms with Gasteiger partial charge in [0.2, 0.25) is 0 Å². The highest BCUT2D eigenvalue weighted by Gasteiger charge is 2.25. The van der Waals surface area contributed by atoms with Gasteiger partial charge in [0, 0.05) is 25.4 Å². The molecule has 0 aromatic heterocycles. The van der Waals surface area contributed by atoms with Gasteiger partial charge in [-0.15, -0.1) is 0 Å². The van der Waals surface area contributed by atoms with Crippen LogP contribution in [0.5, 0.6) is 5.75 Å². The Hall–Kier alpha value is -1.84. The Kier molecular flexibility index (Phi) is 5.54. The van der Waals surface area contributed by atoms with E-state index in [9.17, 15) is 9.90 Å². The minimum absolute atomic E-state index is 0.103. The van der Waals surface area contributed by atoms with Gasteiger partial charge in [-0.3, -0.25) is 9.69 Å². The number of likely N-dealkylation sites (tertiary alicyclic amines) is 1. The Morgan fingerprint density at radius 2 is 1.96 bits per heavy atom. The molecular formula is C20H22ClNO2. The zero-order valence-corrected chi connectivity index (χ0v) is 14.4. The topological polar surface area (TPSA) is 40.5 Å². The lowest BCUT2D eigenvalue weighted by atomic mass is 9.90. The highest BCUT2D eigenvalue weighted by molar-refractivity contribution is 6.32. The summed E-state index contributed by atoms with van der Waals surface area (Å²) >= 11 is 5.98.